The molecular weight excluding hydrogens is 262 g/mol. The zero-order valence-corrected chi connectivity index (χ0v) is 12.8. The van der Waals surface area contributed by atoms with E-state index >= 15 is 0 Å². The van der Waals surface area contributed by atoms with Crippen LogP contribution in [0.25, 0.3) is 0 Å². The van der Waals surface area contributed by atoms with Crippen molar-refractivity contribution >= 4 is 5.69 Å². The Hall–Kier alpha value is -1.90. The van der Waals surface area contributed by atoms with E-state index in [9.17, 15) is 0 Å². The maximum absolute atomic E-state index is 5.80. The van der Waals surface area contributed by atoms with Crippen LogP contribution in [-0.4, -0.2) is 6.61 Å². The molecule has 1 aromatic carbocycles. The average molecular weight is 287 g/mol. The van der Waals surface area contributed by atoms with Crippen molar-refractivity contribution < 1.29 is 9.15 Å². The van der Waals surface area contributed by atoms with Crippen molar-refractivity contribution in [1.29, 1.82) is 0 Å². The Morgan fingerprint density at radius 3 is 2.76 bits per heavy atom. The lowest BCUT2D eigenvalue weighted by Gasteiger charge is -2.09. The van der Waals surface area contributed by atoms with Crippen molar-refractivity contribution in [2.24, 2.45) is 0 Å². The number of benzene rings is 1. The number of ether oxygens (including phenoxy) is 1. The van der Waals surface area contributed by atoms with E-state index in [1.807, 2.05) is 36.4 Å². The normalized spacial score (nSPS) is 10.5. The Balaban J connectivity index is 1.70. The molecule has 2 aromatic rings. The molecule has 0 saturated carbocycles. The fraction of sp³-hybridized carbons (Fsp3) is 0.444. The molecule has 0 atom stereocenters. The second kappa shape index (κ2) is 9.11. The molecule has 0 spiro atoms. The van der Waals surface area contributed by atoms with Gasteiger partial charge in [-0.3, -0.25) is 0 Å². The number of furan rings is 1. The fourth-order valence-electron chi connectivity index (χ4n) is 2.19. The Labute approximate surface area is 127 Å². The molecule has 114 valence electrons. The van der Waals surface area contributed by atoms with Gasteiger partial charge in [0.25, 0.3) is 0 Å². The monoisotopic (exact) mass is 287 g/mol. The molecule has 3 heteroatoms. The molecule has 0 aliphatic rings. The van der Waals surface area contributed by atoms with Crippen LogP contribution < -0.4 is 10.1 Å². The first-order valence-corrected chi connectivity index (χ1v) is 7.87. The zero-order valence-electron chi connectivity index (χ0n) is 12.8. The van der Waals surface area contributed by atoms with Gasteiger partial charge in [0.1, 0.15) is 11.5 Å². The summed E-state index contributed by atoms with van der Waals surface area (Å²) in [4.78, 5) is 0. The summed E-state index contributed by atoms with van der Waals surface area (Å²) in [5.74, 6) is 1.85. The molecule has 0 fully saturated rings. The predicted octanol–water partition coefficient (Wildman–Crippen LogP) is 5.24. The zero-order chi connectivity index (χ0) is 14.8. The molecule has 3 nitrogen and oxygen atoms in total. The summed E-state index contributed by atoms with van der Waals surface area (Å²) in [5, 5.41) is 3.33. The molecule has 0 bridgehead atoms. The van der Waals surface area contributed by atoms with Gasteiger partial charge in [0.15, 0.2) is 0 Å². The van der Waals surface area contributed by atoms with E-state index in [4.69, 9.17) is 9.15 Å². The van der Waals surface area contributed by atoms with E-state index in [2.05, 4.69) is 12.2 Å². The van der Waals surface area contributed by atoms with Gasteiger partial charge >= 0.3 is 0 Å². The first-order chi connectivity index (χ1) is 10.4. The summed E-state index contributed by atoms with van der Waals surface area (Å²) in [6.07, 6.45) is 7.99. The third kappa shape index (κ3) is 5.94. The third-order valence-corrected chi connectivity index (χ3v) is 3.40. The van der Waals surface area contributed by atoms with E-state index in [1.54, 1.807) is 6.26 Å². The van der Waals surface area contributed by atoms with Crippen LogP contribution in [0.15, 0.2) is 47.1 Å². The molecular formula is C18H25NO2. The molecule has 2 rings (SSSR count). The number of rotatable bonds is 10. The summed E-state index contributed by atoms with van der Waals surface area (Å²) in [7, 11) is 0. The molecule has 0 saturated heterocycles. The van der Waals surface area contributed by atoms with Crippen molar-refractivity contribution in [3.05, 3.63) is 48.4 Å². The predicted molar refractivity (Wildman–Crippen MR) is 86.7 cm³/mol. The van der Waals surface area contributed by atoms with Gasteiger partial charge in [-0.25, -0.2) is 0 Å². The second-order valence-corrected chi connectivity index (χ2v) is 5.22. The molecule has 0 unspecified atom stereocenters. The molecule has 0 aliphatic heterocycles. The van der Waals surface area contributed by atoms with E-state index in [0.29, 0.717) is 6.54 Å². The van der Waals surface area contributed by atoms with Gasteiger partial charge in [-0.05, 0) is 30.7 Å². The van der Waals surface area contributed by atoms with E-state index in [0.717, 1.165) is 30.2 Å². The average Bonchev–Trinajstić information content (AvgIpc) is 3.03. The molecule has 0 amide bonds. The highest BCUT2D eigenvalue weighted by Gasteiger charge is 1.99. The van der Waals surface area contributed by atoms with Crippen LogP contribution in [0.1, 0.15) is 44.8 Å². The maximum Gasteiger partial charge on any atom is 0.122 e. The van der Waals surface area contributed by atoms with Crippen molar-refractivity contribution in [3.8, 4) is 5.75 Å². The van der Waals surface area contributed by atoms with Crippen LogP contribution in [0.3, 0.4) is 0 Å². The first-order valence-electron chi connectivity index (χ1n) is 7.87. The smallest absolute Gasteiger partial charge is 0.122 e. The SMILES string of the molecule is CCCCCCCOc1cccc(NCc2ccco2)c1. The quantitative estimate of drug-likeness (QED) is 0.607. The van der Waals surface area contributed by atoms with Gasteiger partial charge < -0.3 is 14.5 Å². The molecule has 21 heavy (non-hydrogen) atoms. The Kier molecular flexibility index (Phi) is 6.72. The van der Waals surface area contributed by atoms with Crippen LogP contribution in [0, 0.1) is 0 Å². The number of nitrogens with one attached hydrogen (secondary N) is 1. The van der Waals surface area contributed by atoms with Crippen LogP contribution in [0.2, 0.25) is 0 Å². The van der Waals surface area contributed by atoms with Gasteiger partial charge in [-0.1, -0.05) is 38.7 Å². The van der Waals surface area contributed by atoms with Crippen LogP contribution in [-0.2, 0) is 6.54 Å². The number of anilines is 1. The van der Waals surface area contributed by atoms with E-state index in [-0.39, 0.29) is 0 Å². The Bertz CT molecular complexity index is 494. The summed E-state index contributed by atoms with van der Waals surface area (Å²) >= 11 is 0. The molecule has 1 N–H and O–H groups in total. The number of unbranched alkanes of at least 4 members (excludes halogenated alkanes) is 4. The minimum absolute atomic E-state index is 0.688. The Morgan fingerprint density at radius 1 is 1.05 bits per heavy atom. The number of hydrogen-bond donors (Lipinski definition) is 1. The van der Waals surface area contributed by atoms with Crippen molar-refractivity contribution in [2.45, 2.75) is 45.6 Å². The second-order valence-electron chi connectivity index (χ2n) is 5.22. The minimum atomic E-state index is 0.688. The maximum atomic E-state index is 5.80. The fourth-order valence-corrected chi connectivity index (χ4v) is 2.19. The molecule has 1 aromatic heterocycles. The van der Waals surface area contributed by atoms with Gasteiger partial charge in [-0.15, -0.1) is 0 Å². The number of hydrogen-bond acceptors (Lipinski definition) is 3. The van der Waals surface area contributed by atoms with E-state index in [1.165, 1.54) is 25.7 Å². The lowest BCUT2D eigenvalue weighted by molar-refractivity contribution is 0.304. The standard InChI is InChI=1S/C18H25NO2/c1-2-3-4-5-6-12-20-17-10-7-9-16(14-17)19-15-18-11-8-13-21-18/h7-11,13-14,19H,2-6,12,15H2,1H3. The van der Waals surface area contributed by atoms with Gasteiger partial charge in [0.2, 0.25) is 0 Å². The summed E-state index contributed by atoms with van der Waals surface area (Å²) in [5.41, 5.74) is 1.05. The third-order valence-electron chi connectivity index (χ3n) is 3.40. The highest BCUT2D eigenvalue weighted by atomic mass is 16.5. The Morgan fingerprint density at radius 2 is 1.95 bits per heavy atom. The van der Waals surface area contributed by atoms with Crippen LogP contribution >= 0.6 is 0 Å². The summed E-state index contributed by atoms with van der Waals surface area (Å²) < 4.78 is 11.1. The van der Waals surface area contributed by atoms with Gasteiger partial charge in [0.05, 0.1) is 19.4 Å². The van der Waals surface area contributed by atoms with E-state index < -0.39 is 0 Å². The highest BCUT2D eigenvalue weighted by Crippen LogP contribution is 2.18. The van der Waals surface area contributed by atoms with Crippen molar-refractivity contribution in [3.63, 3.8) is 0 Å². The lowest BCUT2D eigenvalue weighted by Crippen LogP contribution is -2.00. The van der Waals surface area contributed by atoms with Crippen molar-refractivity contribution in [2.75, 3.05) is 11.9 Å². The van der Waals surface area contributed by atoms with Crippen LogP contribution in [0.4, 0.5) is 5.69 Å². The summed E-state index contributed by atoms with van der Waals surface area (Å²) in [6.45, 7) is 3.72. The largest absolute Gasteiger partial charge is 0.494 e. The van der Waals surface area contributed by atoms with Gasteiger partial charge in [-0.2, -0.15) is 0 Å². The topological polar surface area (TPSA) is 34.4 Å². The highest BCUT2D eigenvalue weighted by molar-refractivity contribution is 5.48. The molecule has 1 heterocycles. The van der Waals surface area contributed by atoms with Gasteiger partial charge in [0, 0.05) is 11.8 Å². The molecule has 0 radical (unpaired) electrons. The minimum Gasteiger partial charge on any atom is -0.494 e. The lowest BCUT2D eigenvalue weighted by atomic mass is 10.2. The first kappa shape index (κ1) is 15.5. The van der Waals surface area contributed by atoms with Crippen molar-refractivity contribution in [1.82, 2.24) is 0 Å². The van der Waals surface area contributed by atoms with Crippen LogP contribution in [0.5, 0.6) is 5.75 Å². The summed E-state index contributed by atoms with van der Waals surface area (Å²) in [6, 6.07) is 12.0. The molecule has 0 aliphatic carbocycles.